The summed E-state index contributed by atoms with van der Waals surface area (Å²) in [5.74, 6) is -1.15. The fourth-order valence-corrected chi connectivity index (χ4v) is 2.52. The Hall–Kier alpha value is -2.42. The van der Waals surface area contributed by atoms with Crippen LogP contribution in [0.1, 0.15) is 11.1 Å². The zero-order valence-corrected chi connectivity index (χ0v) is 15.0. The standard InChI is InChI=1S/C16H16Cl2N4O4/c17-12-4-10(5-13(18)22-12)8-26-16(25)11(19)3-9-1-2-14(20-6-9)21-7-15(23)24/h1-2,4-6,11H,3,7-8,19H2,(H,20,21)(H,23,24)/t11-/m0/s1. The summed E-state index contributed by atoms with van der Waals surface area (Å²) in [6.07, 6.45) is 1.74. The van der Waals surface area contributed by atoms with Gasteiger partial charge in [0.2, 0.25) is 0 Å². The number of aliphatic carboxylic acids is 1. The van der Waals surface area contributed by atoms with E-state index in [0.29, 0.717) is 16.9 Å². The molecule has 26 heavy (non-hydrogen) atoms. The molecule has 0 radical (unpaired) electrons. The number of hydrogen-bond donors (Lipinski definition) is 3. The highest BCUT2D eigenvalue weighted by Crippen LogP contribution is 2.15. The highest BCUT2D eigenvalue weighted by molar-refractivity contribution is 6.32. The summed E-state index contributed by atoms with van der Waals surface area (Å²) >= 11 is 11.6. The van der Waals surface area contributed by atoms with E-state index >= 15 is 0 Å². The molecular formula is C16H16Cl2N4O4. The molecule has 0 spiro atoms. The molecule has 2 heterocycles. The number of nitrogens with one attached hydrogen (secondary N) is 1. The molecule has 2 aromatic rings. The molecule has 10 heteroatoms. The summed E-state index contributed by atoms with van der Waals surface area (Å²) < 4.78 is 5.15. The van der Waals surface area contributed by atoms with Crippen LogP contribution in [0.25, 0.3) is 0 Å². The van der Waals surface area contributed by atoms with E-state index in [1.807, 2.05) is 0 Å². The van der Waals surface area contributed by atoms with Crippen LogP contribution >= 0.6 is 23.2 Å². The number of ether oxygens (including phenoxy) is 1. The first kappa shape index (κ1) is 19.9. The first-order chi connectivity index (χ1) is 12.3. The number of hydrogen-bond acceptors (Lipinski definition) is 7. The van der Waals surface area contributed by atoms with E-state index in [-0.39, 0.29) is 29.9 Å². The Morgan fingerprint density at radius 1 is 1.23 bits per heavy atom. The topological polar surface area (TPSA) is 127 Å². The van der Waals surface area contributed by atoms with Crippen molar-refractivity contribution in [2.75, 3.05) is 11.9 Å². The Bertz CT molecular complexity index is 766. The second kappa shape index (κ2) is 9.33. The lowest BCUT2D eigenvalue weighted by atomic mass is 10.1. The van der Waals surface area contributed by atoms with Gasteiger partial charge in [-0.1, -0.05) is 29.3 Å². The average Bonchev–Trinajstić information content (AvgIpc) is 2.58. The van der Waals surface area contributed by atoms with Crippen molar-refractivity contribution < 1.29 is 19.4 Å². The minimum absolute atomic E-state index is 0.0230. The molecule has 0 saturated carbocycles. The molecular weight excluding hydrogens is 383 g/mol. The predicted molar refractivity (Wildman–Crippen MR) is 96.1 cm³/mol. The summed E-state index contributed by atoms with van der Waals surface area (Å²) in [6, 6.07) is 5.52. The molecule has 2 rings (SSSR count). The lowest BCUT2D eigenvalue weighted by Gasteiger charge is -2.12. The molecule has 0 aliphatic rings. The van der Waals surface area contributed by atoms with Crippen molar-refractivity contribution in [3.05, 3.63) is 51.9 Å². The van der Waals surface area contributed by atoms with E-state index in [0.717, 1.165) is 0 Å². The molecule has 0 amide bonds. The van der Waals surface area contributed by atoms with Crippen molar-refractivity contribution in [1.82, 2.24) is 9.97 Å². The van der Waals surface area contributed by atoms with Gasteiger partial charge in [-0.25, -0.2) is 9.97 Å². The normalized spacial score (nSPS) is 11.7. The van der Waals surface area contributed by atoms with Crippen molar-refractivity contribution in [3.63, 3.8) is 0 Å². The van der Waals surface area contributed by atoms with Gasteiger partial charge in [0.1, 0.15) is 35.3 Å². The number of pyridine rings is 2. The van der Waals surface area contributed by atoms with Gasteiger partial charge in [0.25, 0.3) is 0 Å². The van der Waals surface area contributed by atoms with Crippen LogP contribution < -0.4 is 11.1 Å². The predicted octanol–water partition coefficient (Wildman–Crippen LogP) is 1.89. The Morgan fingerprint density at radius 2 is 1.92 bits per heavy atom. The van der Waals surface area contributed by atoms with Crippen LogP contribution in [-0.2, 0) is 27.4 Å². The van der Waals surface area contributed by atoms with Gasteiger partial charge in [0, 0.05) is 6.20 Å². The third kappa shape index (κ3) is 6.47. The number of esters is 1. The van der Waals surface area contributed by atoms with E-state index in [1.54, 1.807) is 24.3 Å². The number of carboxylic acid groups (broad SMARTS) is 1. The molecule has 0 aliphatic carbocycles. The monoisotopic (exact) mass is 398 g/mol. The summed E-state index contributed by atoms with van der Waals surface area (Å²) in [4.78, 5) is 30.4. The zero-order valence-electron chi connectivity index (χ0n) is 13.5. The first-order valence-electron chi connectivity index (χ1n) is 7.48. The number of carboxylic acids is 1. The average molecular weight is 399 g/mol. The molecule has 0 aliphatic heterocycles. The van der Waals surface area contributed by atoms with Crippen molar-refractivity contribution >= 4 is 41.0 Å². The van der Waals surface area contributed by atoms with Gasteiger partial charge >= 0.3 is 11.9 Å². The third-order valence-corrected chi connectivity index (χ3v) is 3.59. The smallest absolute Gasteiger partial charge is 0.323 e. The fourth-order valence-electron chi connectivity index (χ4n) is 2.01. The largest absolute Gasteiger partial charge is 0.480 e. The second-order valence-corrected chi connectivity index (χ2v) is 6.11. The van der Waals surface area contributed by atoms with Gasteiger partial charge in [-0.2, -0.15) is 0 Å². The number of nitrogens with zero attached hydrogens (tertiary/aromatic N) is 2. The van der Waals surface area contributed by atoms with E-state index in [4.69, 9.17) is 38.8 Å². The summed E-state index contributed by atoms with van der Waals surface area (Å²) in [6.45, 7) is -0.258. The molecule has 0 bridgehead atoms. The van der Waals surface area contributed by atoms with E-state index in [2.05, 4.69) is 15.3 Å². The molecule has 8 nitrogen and oxygen atoms in total. The maximum atomic E-state index is 12.0. The van der Waals surface area contributed by atoms with Crippen LogP contribution in [-0.4, -0.2) is 39.6 Å². The third-order valence-electron chi connectivity index (χ3n) is 3.21. The van der Waals surface area contributed by atoms with E-state index < -0.39 is 18.0 Å². The van der Waals surface area contributed by atoms with Gasteiger partial charge in [-0.05, 0) is 35.7 Å². The Morgan fingerprint density at radius 3 is 2.50 bits per heavy atom. The second-order valence-electron chi connectivity index (χ2n) is 5.34. The Kier molecular flexibility index (Phi) is 7.14. The number of rotatable bonds is 8. The maximum Gasteiger partial charge on any atom is 0.323 e. The number of carbonyl (C=O) groups excluding carboxylic acids is 1. The molecule has 138 valence electrons. The number of aromatic nitrogens is 2. The van der Waals surface area contributed by atoms with Gasteiger partial charge in [-0.3, -0.25) is 9.59 Å². The Labute approximate surface area is 159 Å². The van der Waals surface area contributed by atoms with Crippen molar-refractivity contribution in [3.8, 4) is 0 Å². The minimum atomic E-state index is -0.989. The number of carbonyl (C=O) groups is 2. The lowest BCUT2D eigenvalue weighted by Crippen LogP contribution is -2.34. The van der Waals surface area contributed by atoms with Crippen LogP contribution in [0.15, 0.2) is 30.5 Å². The highest BCUT2D eigenvalue weighted by atomic mass is 35.5. The van der Waals surface area contributed by atoms with Gasteiger partial charge in [-0.15, -0.1) is 0 Å². The van der Waals surface area contributed by atoms with Gasteiger partial charge in [0.05, 0.1) is 0 Å². The number of nitrogens with two attached hydrogens (primary N) is 1. The molecule has 0 fully saturated rings. The molecule has 0 aromatic carbocycles. The molecule has 0 unspecified atom stereocenters. The molecule has 0 saturated heterocycles. The molecule has 1 atom stereocenters. The SMILES string of the molecule is N[C@@H](Cc1ccc(NCC(=O)O)nc1)C(=O)OCc1cc(Cl)nc(Cl)c1. The fraction of sp³-hybridized carbons (Fsp3) is 0.250. The summed E-state index contributed by atoms with van der Waals surface area (Å²) in [7, 11) is 0. The number of halogens is 2. The zero-order chi connectivity index (χ0) is 19.1. The van der Waals surface area contributed by atoms with Crippen LogP contribution in [0.5, 0.6) is 0 Å². The van der Waals surface area contributed by atoms with Crippen LogP contribution in [0.2, 0.25) is 10.3 Å². The Balaban J connectivity index is 1.85. The lowest BCUT2D eigenvalue weighted by molar-refractivity contribution is -0.146. The number of anilines is 1. The van der Waals surface area contributed by atoms with Crippen LogP contribution in [0, 0.1) is 0 Å². The van der Waals surface area contributed by atoms with Crippen molar-refractivity contribution in [1.29, 1.82) is 0 Å². The molecule has 4 N–H and O–H groups in total. The summed E-state index contributed by atoms with van der Waals surface area (Å²) in [5, 5.41) is 11.6. The van der Waals surface area contributed by atoms with Crippen LogP contribution in [0.4, 0.5) is 5.82 Å². The first-order valence-corrected chi connectivity index (χ1v) is 8.24. The van der Waals surface area contributed by atoms with Crippen molar-refractivity contribution in [2.24, 2.45) is 5.73 Å². The van der Waals surface area contributed by atoms with E-state index in [1.165, 1.54) is 6.20 Å². The van der Waals surface area contributed by atoms with E-state index in [9.17, 15) is 9.59 Å². The summed E-state index contributed by atoms with van der Waals surface area (Å²) in [5.41, 5.74) is 7.17. The van der Waals surface area contributed by atoms with Crippen molar-refractivity contribution in [2.45, 2.75) is 19.1 Å². The van der Waals surface area contributed by atoms with Crippen LogP contribution in [0.3, 0.4) is 0 Å². The minimum Gasteiger partial charge on any atom is -0.480 e. The quantitative estimate of drug-likeness (QED) is 0.454. The van der Waals surface area contributed by atoms with Gasteiger partial charge < -0.3 is 20.9 Å². The molecule has 2 aromatic heterocycles. The highest BCUT2D eigenvalue weighted by Gasteiger charge is 2.16. The van der Waals surface area contributed by atoms with Gasteiger partial charge in [0.15, 0.2) is 0 Å². The maximum absolute atomic E-state index is 12.0.